The highest BCUT2D eigenvalue weighted by molar-refractivity contribution is 7.89. The molecular weight excluding hydrogens is 628 g/mol. The Morgan fingerprint density at radius 2 is 1.83 bits per heavy atom. The van der Waals surface area contributed by atoms with Gasteiger partial charge in [0.15, 0.2) is 5.82 Å². The zero-order valence-electron chi connectivity index (χ0n) is 25.8. The molecule has 244 valence electrons. The molecule has 2 aliphatic carbocycles. The van der Waals surface area contributed by atoms with Crippen LogP contribution < -0.4 is 15.6 Å². The minimum atomic E-state index is -4.44. The van der Waals surface area contributed by atoms with E-state index in [9.17, 15) is 17.6 Å². The van der Waals surface area contributed by atoms with Gasteiger partial charge in [0.05, 0.1) is 24.0 Å². The maximum Gasteiger partial charge on any atom is 0.254 e. The number of likely N-dealkylation sites (tertiary alicyclic amines) is 1. The average molecular weight is 662 g/mol. The molecule has 4 heterocycles. The summed E-state index contributed by atoms with van der Waals surface area (Å²) in [6, 6.07) is 10.3. The number of primary sulfonamides is 1. The summed E-state index contributed by atoms with van der Waals surface area (Å²) in [4.78, 5) is 24.5. The molecule has 3 fully saturated rings. The van der Waals surface area contributed by atoms with Crippen LogP contribution in [-0.2, 0) is 23.6 Å². The third-order valence-electron chi connectivity index (χ3n) is 10.0. The van der Waals surface area contributed by atoms with Crippen LogP contribution in [-0.4, -0.2) is 64.1 Å². The molecule has 1 aliphatic heterocycles. The summed E-state index contributed by atoms with van der Waals surface area (Å²) in [6.07, 6.45) is 4.05. The first-order valence-corrected chi connectivity index (χ1v) is 17.1. The van der Waals surface area contributed by atoms with Crippen LogP contribution in [0.1, 0.15) is 36.0 Å². The minimum Gasteiger partial charge on any atom is -0.494 e. The second-order valence-electron chi connectivity index (χ2n) is 13.0. The lowest BCUT2D eigenvalue weighted by Crippen LogP contribution is -2.41. The molecule has 0 radical (unpaired) electrons. The smallest absolute Gasteiger partial charge is 0.254 e. The molecule has 0 spiro atoms. The number of rotatable bonds is 7. The molecule has 3 atom stereocenters. The number of hydrogen-bond donors (Lipinski definition) is 2. The molecule has 4 N–H and O–H groups in total. The Kier molecular flexibility index (Phi) is 6.73. The number of nitrogens with two attached hydrogens (primary N) is 2. The number of halogens is 2. The zero-order valence-corrected chi connectivity index (χ0v) is 26.6. The van der Waals surface area contributed by atoms with Gasteiger partial charge in [0, 0.05) is 54.8 Å². The van der Waals surface area contributed by atoms with Gasteiger partial charge in [-0.3, -0.25) is 4.79 Å². The van der Waals surface area contributed by atoms with Gasteiger partial charge in [-0.15, -0.1) is 0 Å². The van der Waals surface area contributed by atoms with Crippen molar-refractivity contribution in [1.29, 1.82) is 0 Å². The predicted octanol–water partition coefficient (Wildman–Crippen LogP) is 4.16. The number of ether oxygens (including phenoxy) is 1. The Hall–Kier alpha value is -4.40. The quantitative estimate of drug-likeness (QED) is 0.266. The van der Waals surface area contributed by atoms with Crippen molar-refractivity contribution in [2.45, 2.75) is 49.2 Å². The predicted molar refractivity (Wildman–Crippen MR) is 171 cm³/mol. The number of benzene rings is 2. The summed E-state index contributed by atoms with van der Waals surface area (Å²) in [6.45, 7) is 1.28. The zero-order chi connectivity index (χ0) is 32.9. The highest BCUT2D eigenvalue weighted by atomic mass is 32.2. The van der Waals surface area contributed by atoms with Gasteiger partial charge < -0.3 is 24.5 Å². The van der Waals surface area contributed by atoms with E-state index in [0.29, 0.717) is 59.3 Å². The number of amides is 1. The largest absolute Gasteiger partial charge is 0.494 e. The molecule has 11 nitrogen and oxygen atoms in total. The van der Waals surface area contributed by atoms with Crippen LogP contribution >= 0.6 is 0 Å². The lowest BCUT2D eigenvalue weighted by atomic mass is 10.1. The molecule has 2 saturated carbocycles. The van der Waals surface area contributed by atoms with E-state index in [2.05, 4.69) is 0 Å². The normalized spacial score (nSPS) is 21.0. The molecule has 5 aromatic rings. The van der Waals surface area contributed by atoms with E-state index in [1.807, 2.05) is 27.1 Å². The number of aromatic nitrogens is 4. The number of aryl methyl sites for hydroxylation is 1. The van der Waals surface area contributed by atoms with Gasteiger partial charge in [-0.1, -0.05) is 0 Å². The number of carbonyl (C=O) groups is 1. The highest BCUT2D eigenvalue weighted by Gasteiger charge is 2.47. The lowest BCUT2D eigenvalue weighted by molar-refractivity contribution is 0.0700. The van der Waals surface area contributed by atoms with Crippen LogP contribution in [0.5, 0.6) is 5.75 Å². The van der Waals surface area contributed by atoms with Gasteiger partial charge in [0.2, 0.25) is 10.0 Å². The van der Waals surface area contributed by atoms with Gasteiger partial charge in [0.1, 0.15) is 33.4 Å². The topological polar surface area (TPSA) is 151 Å². The van der Waals surface area contributed by atoms with E-state index in [1.165, 1.54) is 0 Å². The van der Waals surface area contributed by atoms with Crippen molar-refractivity contribution in [2.24, 2.45) is 29.8 Å². The third kappa shape index (κ3) is 4.80. The van der Waals surface area contributed by atoms with Crippen LogP contribution in [0, 0.1) is 23.5 Å². The first-order chi connectivity index (χ1) is 22.4. The van der Waals surface area contributed by atoms with Crippen molar-refractivity contribution >= 4 is 38.0 Å². The van der Waals surface area contributed by atoms with Crippen molar-refractivity contribution in [1.82, 2.24) is 24.0 Å². The number of imidazole rings is 1. The number of methoxy groups -OCH3 is 1. The number of nitrogens with zero attached hydrogens (tertiary/aromatic N) is 5. The monoisotopic (exact) mass is 661 g/mol. The number of sulfonamides is 1. The van der Waals surface area contributed by atoms with Crippen LogP contribution in [0.25, 0.3) is 44.8 Å². The van der Waals surface area contributed by atoms with Gasteiger partial charge in [-0.05, 0) is 73.9 Å². The summed E-state index contributed by atoms with van der Waals surface area (Å²) in [7, 11) is -0.991. The molecule has 2 bridgehead atoms. The fourth-order valence-electron chi connectivity index (χ4n) is 7.42. The third-order valence-corrected chi connectivity index (χ3v) is 11.0. The second-order valence-corrected chi connectivity index (χ2v) is 14.5. The van der Waals surface area contributed by atoms with Crippen molar-refractivity contribution in [3.63, 3.8) is 0 Å². The van der Waals surface area contributed by atoms with Crippen LogP contribution in [0.2, 0.25) is 0 Å². The Balaban J connectivity index is 1.25. The van der Waals surface area contributed by atoms with Crippen LogP contribution in [0.4, 0.5) is 8.78 Å². The number of fused-ring (bicyclic) bond motifs is 4. The lowest BCUT2D eigenvalue weighted by Gasteiger charge is -2.27. The Labute approximate surface area is 269 Å². The van der Waals surface area contributed by atoms with E-state index in [-0.39, 0.29) is 29.2 Å². The van der Waals surface area contributed by atoms with Crippen molar-refractivity contribution in [3.05, 3.63) is 59.7 Å². The Bertz CT molecular complexity index is 2240. The van der Waals surface area contributed by atoms with E-state index >= 15 is 4.39 Å². The maximum atomic E-state index is 15.0. The molecule has 3 aromatic heterocycles. The van der Waals surface area contributed by atoms with Crippen molar-refractivity contribution in [2.75, 3.05) is 13.7 Å². The van der Waals surface area contributed by atoms with E-state index in [0.717, 1.165) is 48.3 Å². The highest BCUT2D eigenvalue weighted by Crippen LogP contribution is 2.40. The molecular formula is C33H33F2N7O4S. The van der Waals surface area contributed by atoms with Crippen molar-refractivity contribution in [3.8, 4) is 28.5 Å². The molecule has 8 rings (SSSR count). The van der Waals surface area contributed by atoms with Crippen LogP contribution in [0.15, 0.2) is 47.4 Å². The Morgan fingerprint density at radius 3 is 2.49 bits per heavy atom. The maximum absolute atomic E-state index is 15.0. The molecule has 2 aromatic carbocycles. The number of carbonyl (C=O) groups excluding carboxylic acids is 1. The van der Waals surface area contributed by atoms with Gasteiger partial charge in [-0.25, -0.2) is 32.3 Å². The average Bonchev–Trinajstić information content (AvgIpc) is 3.44. The SMILES string of the molecule is COc1cc(C(=O)N2CC3CCC2[C@@H]3N)cc2nc(-c3cc4ccc(-c5cc(S(N)(=O)=O)c(F)cc5F)nc4n3CC3CC3)n(C)c12. The van der Waals surface area contributed by atoms with Gasteiger partial charge in [-0.2, -0.15) is 0 Å². The van der Waals surface area contributed by atoms with Gasteiger partial charge in [0.25, 0.3) is 5.91 Å². The van der Waals surface area contributed by atoms with E-state index in [4.69, 9.17) is 25.6 Å². The minimum absolute atomic E-state index is 0.00356. The molecule has 1 saturated heterocycles. The van der Waals surface area contributed by atoms with Gasteiger partial charge >= 0.3 is 0 Å². The fraction of sp³-hybridized carbons (Fsp3) is 0.364. The number of pyridine rings is 1. The first-order valence-electron chi connectivity index (χ1n) is 15.6. The van der Waals surface area contributed by atoms with E-state index in [1.54, 1.807) is 31.4 Å². The molecule has 47 heavy (non-hydrogen) atoms. The second kappa shape index (κ2) is 10.6. The summed E-state index contributed by atoms with van der Waals surface area (Å²) in [5.74, 6) is -0.432. The summed E-state index contributed by atoms with van der Waals surface area (Å²) in [5, 5.41) is 5.94. The summed E-state index contributed by atoms with van der Waals surface area (Å²) < 4.78 is 63.0. The number of piperidine rings is 1. The van der Waals surface area contributed by atoms with Crippen molar-refractivity contribution < 1.29 is 26.7 Å². The Morgan fingerprint density at radius 1 is 1.04 bits per heavy atom. The fourth-order valence-corrected chi connectivity index (χ4v) is 8.03. The first kappa shape index (κ1) is 30.0. The van der Waals surface area contributed by atoms with E-state index < -0.39 is 26.6 Å². The molecule has 1 amide bonds. The molecule has 14 heteroatoms. The van der Waals surface area contributed by atoms with Crippen LogP contribution in [0.3, 0.4) is 0 Å². The number of hydrogen-bond acceptors (Lipinski definition) is 7. The summed E-state index contributed by atoms with van der Waals surface area (Å²) in [5.41, 5.74) is 9.44. The molecule has 3 aliphatic rings. The summed E-state index contributed by atoms with van der Waals surface area (Å²) >= 11 is 0. The standard InChI is InChI=1S/C33H33F2N7O4S/c1-40-30-24(9-19(11-27(30)46-2)33(43)42-15-18-6-8-25(42)29(18)36)39-32(40)26-10-17-5-7-23(38-31(17)41(26)14-16-3-4-16)20-12-28(47(37,44)45)22(35)13-21(20)34/h5,7,9-13,16,18,25,29H,3-4,6,8,14-15,36H2,1-2H3,(H2,37,44,45)/t18?,25?,29-/m1/s1. The molecule has 2 unspecified atom stereocenters.